The summed E-state index contributed by atoms with van der Waals surface area (Å²) in [7, 11) is 3.03. The van der Waals surface area contributed by atoms with Gasteiger partial charge in [-0.1, -0.05) is 12.1 Å². The molecule has 3 amide bonds. The molecule has 140 valence electrons. The summed E-state index contributed by atoms with van der Waals surface area (Å²) in [5, 5.41) is 13.3. The number of rotatable bonds is 5. The van der Waals surface area contributed by atoms with Crippen molar-refractivity contribution < 1.29 is 24.0 Å². The van der Waals surface area contributed by atoms with Gasteiger partial charge in [0.2, 0.25) is 6.04 Å². The normalized spacial score (nSPS) is 23.8. The maximum absolute atomic E-state index is 12.5. The van der Waals surface area contributed by atoms with Crippen LogP contribution in [-0.4, -0.2) is 82.9 Å². The van der Waals surface area contributed by atoms with Gasteiger partial charge < -0.3 is 9.84 Å². The number of ether oxygens (including phenoxy) is 1. The third-order valence-corrected chi connectivity index (χ3v) is 4.67. The van der Waals surface area contributed by atoms with Crippen LogP contribution in [0.2, 0.25) is 0 Å². The fourth-order valence-electron chi connectivity index (χ4n) is 3.25. The number of amides is 3. The van der Waals surface area contributed by atoms with Gasteiger partial charge in [-0.05, 0) is 24.6 Å². The number of hydrogen-bond donors (Lipinski definition) is 3. The Labute approximate surface area is 151 Å². The maximum atomic E-state index is 12.5. The van der Waals surface area contributed by atoms with Crippen molar-refractivity contribution in [2.45, 2.75) is 25.2 Å². The molecule has 3 atom stereocenters. The molecule has 1 aromatic carbocycles. The summed E-state index contributed by atoms with van der Waals surface area (Å²) >= 11 is 0. The number of guanidine groups is 1. The summed E-state index contributed by atoms with van der Waals surface area (Å²) in [6.45, 7) is 2.12. The van der Waals surface area contributed by atoms with Crippen LogP contribution in [0.1, 0.15) is 5.56 Å². The van der Waals surface area contributed by atoms with Crippen LogP contribution in [0.4, 0.5) is 4.79 Å². The quantitative estimate of drug-likeness (QED) is 0.573. The van der Waals surface area contributed by atoms with Gasteiger partial charge in [0.1, 0.15) is 18.5 Å². The number of benzene rings is 1. The minimum absolute atomic E-state index is 0.0589. The highest BCUT2D eigenvalue weighted by molar-refractivity contribution is 6.00. The van der Waals surface area contributed by atoms with Gasteiger partial charge in [-0.3, -0.25) is 25.6 Å². The maximum Gasteiger partial charge on any atom is 0.346 e. The molecule has 2 heterocycles. The van der Waals surface area contributed by atoms with Gasteiger partial charge >= 0.3 is 12.0 Å². The number of carbonyl (C=O) groups is 2. The second kappa shape index (κ2) is 6.83. The van der Waals surface area contributed by atoms with E-state index >= 15 is 0 Å². The first-order valence-corrected chi connectivity index (χ1v) is 8.37. The van der Waals surface area contributed by atoms with Crippen molar-refractivity contribution in [1.82, 2.24) is 15.1 Å². The van der Waals surface area contributed by atoms with Crippen molar-refractivity contribution in [3.63, 3.8) is 0 Å². The van der Waals surface area contributed by atoms with E-state index in [9.17, 15) is 14.7 Å². The Kier molecular flexibility index (Phi) is 4.73. The van der Waals surface area contributed by atoms with Gasteiger partial charge in [0.05, 0.1) is 6.54 Å². The van der Waals surface area contributed by atoms with E-state index in [1.807, 2.05) is 31.2 Å². The molecule has 0 spiro atoms. The summed E-state index contributed by atoms with van der Waals surface area (Å²) in [5.41, 5.74) is 7.06. The van der Waals surface area contributed by atoms with Crippen LogP contribution in [0.5, 0.6) is 5.75 Å². The lowest BCUT2D eigenvalue weighted by Gasteiger charge is -2.36. The van der Waals surface area contributed by atoms with Crippen molar-refractivity contribution in [2.24, 2.45) is 5.73 Å². The number of imide groups is 1. The van der Waals surface area contributed by atoms with Crippen molar-refractivity contribution in [1.29, 1.82) is 0 Å². The molecule has 2 aliphatic heterocycles. The van der Waals surface area contributed by atoms with Crippen molar-refractivity contribution in [2.75, 3.05) is 27.2 Å². The van der Waals surface area contributed by atoms with E-state index < -0.39 is 24.3 Å². The van der Waals surface area contributed by atoms with Crippen molar-refractivity contribution in [3.8, 4) is 5.75 Å². The van der Waals surface area contributed by atoms with E-state index in [-0.39, 0.29) is 25.0 Å². The molecule has 1 fully saturated rings. The number of hydrogen-bond acceptors (Lipinski definition) is 6. The molecule has 0 radical (unpaired) electrons. The van der Waals surface area contributed by atoms with Gasteiger partial charge in [-0.25, -0.2) is 9.37 Å². The molecule has 0 aromatic heterocycles. The number of nitrogens with two attached hydrogens (primary N) is 1. The van der Waals surface area contributed by atoms with E-state index in [4.69, 9.17) is 10.5 Å². The summed E-state index contributed by atoms with van der Waals surface area (Å²) in [4.78, 5) is 27.1. The van der Waals surface area contributed by atoms with Gasteiger partial charge in [0.15, 0.2) is 6.17 Å². The Morgan fingerprint density at radius 1 is 1.38 bits per heavy atom. The number of β-amino-alcohol motifs (C(OH)–C–C–N with tert-alkyl or cyclic N) is 1. The number of likely N-dealkylation sites (N-methyl/N-ethyl adjacent to an activating group) is 2. The number of aliphatic hydroxyl groups is 1. The largest absolute Gasteiger partial charge is 0.491 e. The minimum atomic E-state index is -0.865. The smallest absolute Gasteiger partial charge is 0.346 e. The van der Waals surface area contributed by atoms with Gasteiger partial charge in [-0.15, -0.1) is 0 Å². The van der Waals surface area contributed by atoms with Gasteiger partial charge in [0.25, 0.3) is 5.91 Å². The standard InChI is InChI=1S/C17H23N5O4/c1-10-5-4-6-12(7-10)26-9-11(23)8-22-13-14(19-16(22)18)20(2)17(25)21(3)15(13)24/h4-7,11,13-14,23H,8-9H2,1-3H3,(H2,18,19)/p+1/t11-,13-,14+/m1/s1. The molecule has 9 heteroatoms. The summed E-state index contributed by atoms with van der Waals surface area (Å²) in [6.07, 6.45) is -1.42. The zero-order valence-electron chi connectivity index (χ0n) is 15.0. The molecule has 26 heavy (non-hydrogen) atoms. The van der Waals surface area contributed by atoms with E-state index in [2.05, 4.69) is 5.32 Å². The lowest BCUT2D eigenvalue weighted by Crippen LogP contribution is -2.65. The highest BCUT2D eigenvalue weighted by Crippen LogP contribution is 2.20. The highest BCUT2D eigenvalue weighted by atomic mass is 16.5. The monoisotopic (exact) mass is 362 g/mol. The van der Waals surface area contributed by atoms with Crippen LogP contribution in [0.25, 0.3) is 0 Å². The Hall–Kier alpha value is -2.81. The van der Waals surface area contributed by atoms with E-state index in [1.165, 1.54) is 11.9 Å². The zero-order valence-corrected chi connectivity index (χ0v) is 15.0. The molecule has 4 N–H and O–H groups in total. The number of carbonyl (C=O) groups excluding carboxylic acids is 2. The van der Waals surface area contributed by atoms with Crippen LogP contribution in [0.15, 0.2) is 24.3 Å². The van der Waals surface area contributed by atoms with E-state index in [0.717, 1.165) is 10.5 Å². The van der Waals surface area contributed by atoms with Crippen LogP contribution >= 0.6 is 0 Å². The van der Waals surface area contributed by atoms with Crippen LogP contribution < -0.4 is 15.8 Å². The third-order valence-electron chi connectivity index (χ3n) is 4.67. The predicted molar refractivity (Wildman–Crippen MR) is 93.6 cm³/mol. The average Bonchev–Trinajstić information content (AvgIpc) is 2.93. The molecule has 1 aromatic rings. The number of urea groups is 1. The summed E-state index contributed by atoms with van der Waals surface area (Å²) in [6, 6.07) is 6.44. The second-order valence-electron chi connectivity index (χ2n) is 6.64. The van der Waals surface area contributed by atoms with Crippen LogP contribution in [0.3, 0.4) is 0 Å². The summed E-state index contributed by atoms with van der Waals surface area (Å²) in [5.74, 6) is 0.549. The number of aryl methyl sites for hydroxylation is 1. The molecular weight excluding hydrogens is 338 g/mol. The SMILES string of the molecule is Cc1cccc(OC[C@H](O)C[N+]2=C(N)N[C@@H]3[C@@H]2C(=O)N(C)C(=O)N3C)c1. The first-order valence-electron chi connectivity index (χ1n) is 8.37. The molecule has 0 bridgehead atoms. The molecule has 0 saturated carbocycles. The molecule has 9 nitrogen and oxygen atoms in total. The summed E-state index contributed by atoms with van der Waals surface area (Å²) < 4.78 is 7.19. The molecule has 0 aliphatic carbocycles. The van der Waals surface area contributed by atoms with Crippen molar-refractivity contribution >= 4 is 17.9 Å². The highest BCUT2D eigenvalue weighted by Gasteiger charge is 2.53. The second-order valence-corrected chi connectivity index (χ2v) is 6.64. The van der Waals surface area contributed by atoms with Crippen LogP contribution in [-0.2, 0) is 4.79 Å². The fourth-order valence-corrected chi connectivity index (χ4v) is 3.25. The topological polar surface area (TPSA) is 111 Å². The first kappa shape index (κ1) is 18.0. The Balaban J connectivity index is 1.67. The zero-order chi connectivity index (χ0) is 19.0. The predicted octanol–water partition coefficient (Wildman–Crippen LogP) is -1.12. The molecule has 0 unspecified atom stereocenters. The minimum Gasteiger partial charge on any atom is -0.491 e. The van der Waals surface area contributed by atoms with Crippen LogP contribution in [0, 0.1) is 6.92 Å². The average molecular weight is 362 g/mol. The first-order chi connectivity index (χ1) is 12.3. The fraction of sp³-hybridized carbons (Fsp3) is 0.471. The molecule has 3 rings (SSSR count). The Morgan fingerprint density at radius 3 is 2.81 bits per heavy atom. The number of aliphatic hydroxyl groups excluding tert-OH is 1. The van der Waals surface area contributed by atoms with E-state index in [0.29, 0.717) is 5.75 Å². The van der Waals surface area contributed by atoms with Gasteiger partial charge in [-0.2, -0.15) is 0 Å². The van der Waals surface area contributed by atoms with E-state index in [1.54, 1.807) is 11.6 Å². The Bertz CT molecular complexity index is 765. The molecule has 2 aliphatic rings. The number of nitrogens with zero attached hydrogens (tertiary/aromatic N) is 3. The molecular formula is C17H24N5O4+. The number of nitrogens with one attached hydrogen (secondary N) is 1. The van der Waals surface area contributed by atoms with Crippen molar-refractivity contribution in [3.05, 3.63) is 29.8 Å². The molecule has 1 saturated heterocycles. The number of fused-ring (bicyclic) bond motifs is 1. The lowest BCUT2D eigenvalue weighted by atomic mass is 10.1. The third kappa shape index (κ3) is 3.17. The Morgan fingerprint density at radius 2 is 2.12 bits per heavy atom. The lowest BCUT2D eigenvalue weighted by molar-refractivity contribution is -0.559. The van der Waals surface area contributed by atoms with Gasteiger partial charge in [0, 0.05) is 14.1 Å².